The largest absolute Gasteiger partial charge is 0.297 e. The van der Waals surface area contributed by atoms with Gasteiger partial charge < -0.3 is 0 Å². The quantitative estimate of drug-likeness (QED) is 0.532. The fourth-order valence-corrected chi connectivity index (χ4v) is 8.02. The summed E-state index contributed by atoms with van der Waals surface area (Å²) in [6.45, 7) is 5.30. The van der Waals surface area contributed by atoms with Gasteiger partial charge in [0.25, 0.3) is 0 Å². The molecule has 0 N–H and O–H groups in total. The minimum absolute atomic E-state index is 0.204. The highest BCUT2D eigenvalue weighted by atomic mass is 79.9. The summed E-state index contributed by atoms with van der Waals surface area (Å²) in [5.41, 5.74) is 1.99. The maximum atomic E-state index is 13.2. The third kappa shape index (κ3) is 3.05. The Morgan fingerprint density at radius 1 is 1.25 bits per heavy atom. The molecule has 0 aliphatic heterocycles. The smallest absolute Gasteiger partial charge is 0.157 e. The van der Waals surface area contributed by atoms with E-state index in [1.165, 1.54) is 44.9 Å². The van der Waals surface area contributed by atoms with Gasteiger partial charge in [0.05, 0.1) is 17.2 Å². The molecule has 1 aromatic rings. The predicted octanol–water partition coefficient (Wildman–Crippen LogP) is 6.04. The van der Waals surface area contributed by atoms with Gasteiger partial charge in [-0.2, -0.15) is 5.10 Å². The summed E-state index contributed by atoms with van der Waals surface area (Å²) in [5, 5.41) is 4.31. The molecule has 0 spiro atoms. The number of aromatic nitrogens is 2. The second kappa shape index (κ2) is 7.11. The first-order valence-corrected chi connectivity index (χ1v) is 12.1. The highest BCUT2D eigenvalue weighted by Crippen LogP contribution is 2.63. The molecular formula is C24H33BrN2O. The fourth-order valence-electron chi connectivity index (χ4n) is 7.70. The Labute approximate surface area is 177 Å². The molecule has 0 aromatic carbocycles. The molecule has 7 atom stereocenters. The Kier molecular flexibility index (Phi) is 4.84. The summed E-state index contributed by atoms with van der Waals surface area (Å²) in [7, 11) is 0. The number of allylic oxidation sites excluding steroid dienone is 2. The van der Waals surface area contributed by atoms with Crippen LogP contribution in [0, 0.1) is 40.9 Å². The Morgan fingerprint density at radius 2 is 2.11 bits per heavy atom. The van der Waals surface area contributed by atoms with Crippen LogP contribution < -0.4 is 0 Å². The van der Waals surface area contributed by atoms with Gasteiger partial charge in [-0.05, 0) is 102 Å². The number of halogens is 1. The summed E-state index contributed by atoms with van der Waals surface area (Å²) < 4.78 is 2.75. The van der Waals surface area contributed by atoms with Gasteiger partial charge in [0.1, 0.15) is 0 Å². The highest BCUT2D eigenvalue weighted by molar-refractivity contribution is 9.10. The number of nitrogens with zero attached hydrogens (tertiary/aromatic N) is 2. The van der Waals surface area contributed by atoms with Crippen LogP contribution in [0.3, 0.4) is 0 Å². The van der Waals surface area contributed by atoms with Gasteiger partial charge in [0, 0.05) is 12.1 Å². The van der Waals surface area contributed by atoms with Gasteiger partial charge in [-0.1, -0.05) is 25.5 Å². The number of carbonyl (C=O) groups excluding carboxylic acids is 1. The molecule has 4 aliphatic carbocycles. The van der Waals surface area contributed by atoms with E-state index in [-0.39, 0.29) is 11.3 Å². The number of hydrogen-bond acceptors (Lipinski definition) is 2. The van der Waals surface area contributed by atoms with Crippen LogP contribution in [0.25, 0.3) is 0 Å². The fraction of sp³-hybridized carbons (Fsp3) is 0.750. The SMILES string of the molecule is C[C@H]1CC[C@H]2C(=CC[C@@H]3[C@@H]2CC[C@]2(C)[C@@H](C(=O)Cn4cc(Br)cn4)CC[C@@H]32)C1. The predicted molar refractivity (Wildman–Crippen MR) is 115 cm³/mol. The third-order valence-corrected chi connectivity index (χ3v) is 9.41. The van der Waals surface area contributed by atoms with Crippen LogP contribution >= 0.6 is 15.9 Å². The maximum absolute atomic E-state index is 13.2. The first-order valence-electron chi connectivity index (χ1n) is 11.4. The third-order valence-electron chi connectivity index (χ3n) is 9.00. The number of rotatable bonds is 3. The number of Topliss-reactive ketones (excluding diaryl/α,β-unsaturated/α-hetero) is 1. The monoisotopic (exact) mass is 444 g/mol. The minimum Gasteiger partial charge on any atom is -0.297 e. The number of hydrogen-bond donors (Lipinski definition) is 0. The van der Waals surface area contributed by atoms with Crippen LogP contribution in [0.4, 0.5) is 0 Å². The Morgan fingerprint density at radius 3 is 2.89 bits per heavy atom. The van der Waals surface area contributed by atoms with E-state index >= 15 is 0 Å². The molecule has 4 aliphatic rings. The highest BCUT2D eigenvalue weighted by Gasteiger charge is 2.57. The molecule has 1 aromatic heterocycles. The van der Waals surface area contributed by atoms with Crippen molar-refractivity contribution in [2.75, 3.05) is 0 Å². The molecule has 0 radical (unpaired) electrons. The van der Waals surface area contributed by atoms with Crippen molar-refractivity contribution < 1.29 is 4.79 Å². The topological polar surface area (TPSA) is 34.9 Å². The molecule has 4 heteroatoms. The molecule has 152 valence electrons. The number of ketones is 1. The lowest BCUT2D eigenvalue weighted by Gasteiger charge is -2.53. The Balaban J connectivity index is 1.34. The van der Waals surface area contributed by atoms with Crippen LogP contribution in [0.2, 0.25) is 0 Å². The molecule has 0 amide bonds. The zero-order valence-electron chi connectivity index (χ0n) is 17.2. The van der Waals surface area contributed by atoms with Crippen molar-refractivity contribution in [1.29, 1.82) is 0 Å². The second-order valence-corrected chi connectivity index (χ2v) is 11.4. The zero-order chi connectivity index (χ0) is 19.5. The van der Waals surface area contributed by atoms with Crippen LogP contribution in [0.5, 0.6) is 0 Å². The molecule has 3 saturated carbocycles. The first-order chi connectivity index (χ1) is 13.5. The van der Waals surface area contributed by atoms with E-state index in [9.17, 15) is 4.79 Å². The van der Waals surface area contributed by atoms with Crippen molar-refractivity contribution in [2.45, 2.75) is 71.8 Å². The van der Waals surface area contributed by atoms with E-state index in [0.29, 0.717) is 12.3 Å². The van der Waals surface area contributed by atoms with E-state index < -0.39 is 0 Å². The summed E-state index contributed by atoms with van der Waals surface area (Å²) >= 11 is 3.44. The second-order valence-electron chi connectivity index (χ2n) is 10.4. The van der Waals surface area contributed by atoms with Crippen molar-refractivity contribution >= 4 is 21.7 Å². The summed E-state index contributed by atoms with van der Waals surface area (Å²) in [5.74, 6) is 4.80. The lowest BCUT2D eigenvalue weighted by Crippen LogP contribution is -2.47. The van der Waals surface area contributed by atoms with Gasteiger partial charge in [-0.3, -0.25) is 9.48 Å². The average Bonchev–Trinajstić information content (AvgIpc) is 3.23. The van der Waals surface area contributed by atoms with Crippen molar-refractivity contribution in [3.63, 3.8) is 0 Å². The molecule has 0 unspecified atom stereocenters. The van der Waals surface area contributed by atoms with E-state index in [2.05, 4.69) is 41.0 Å². The van der Waals surface area contributed by atoms with E-state index in [1.54, 1.807) is 16.5 Å². The molecule has 3 fully saturated rings. The van der Waals surface area contributed by atoms with Crippen LogP contribution in [0.1, 0.15) is 65.2 Å². The molecule has 0 saturated heterocycles. The molecular weight excluding hydrogens is 412 g/mol. The van der Waals surface area contributed by atoms with Gasteiger partial charge >= 0.3 is 0 Å². The molecule has 1 heterocycles. The summed E-state index contributed by atoms with van der Waals surface area (Å²) in [6, 6.07) is 0. The van der Waals surface area contributed by atoms with Gasteiger partial charge in [-0.15, -0.1) is 0 Å². The zero-order valence-corrected chi connectivity index (χ0v) is 18.8. The first kappa shape index (κ1) is 19.1. The lowest BCUT2D eigenvalue weighted by molar-refractivity contribution is -0.129. The summed E-state index contributed by atoms with van der Waals surface area (Å²) in [4.78, 5) is 13.2. The molecule has 28 heavy (non-hydrogen) atoms. The molecule has 0 bridgehead atoms. The van der Waals surface area contributed by atoms with E-state index in [0.717, 1.165) is 40.5 Å². The number of carbonyl (C=O) groups is 1. The van der Waals surface area contributed by atoms with E-state index in [1.807, 2.05) is 6.20 Å². The van der Waals surface area contributed by atoms with Gasteiger partial charge in [-0.25, -0.2) is 0 Å². The lowest BCUT2D eigenvalue weighted by atomic mass is 9.51. The molecule has 5 rings (SSSR count). The minimum atomic E-state index is 0.204. The van der Waals surface area contributed by atoms with Crippen LogP contribution in [0.15, 0.2) is 28.5 Å². The standard InChI is InChI=1S/C24H33BrN2O/c1-15-3-5-18-16(11-15)4-6-20-19(18)9-10-24(2)21(20)7-8-22(24)23(28)14-27-13-17(25)12-26-27/h4,12-13,15,18-22H,3,5-11,14H2,1-2H3/t15-,18-,19+,20+,21-,22+,24-/m0/s1. The maximum Gasteiger partial charge on any atom is 0.157 e. The van der Waals surface area contributed by atoms with Crippen molar-refractivity contribution in [2.24, 2.45) is 40.9 Å². The van der Waals surface area contributed by atoms with Crippen LogP contribution in [-0.4, -0.2) is 15.6 Å². The van der Waals surface area contributed by atoms with Crippen molar-refractivity contribution in [3.8, 4) is 0 Å². The van der Waals surface area contributed by atoms with Crippen molar-refractivity contribution in [3.05, 3.63) is 28.5 Å². The average molecular weight is 445 g/mol. The van der Waals surface area contributed by atoms with Gasteiger partial charge in [0.15, 0.2) is 5.78 Å². The molecule has 3 nitrogen and oxygen atoms in total. The normalized spacial score (nSPS) is 42.3. The van der Waals surface area contributed by atoms with Crippen molar-refractivity contribution in [1.82, 2.24) is 9.78 Å². The Bertz CT molecular complexity index is 798. The van der Waals surface area contributed by atoms with Crippen LogP contribution in [-0.2, 0) is 11.3 Å². The summed E-state index contributed by atoms with van der Waals surface area (Å²) in [6.07, 6.45) is 16.7. The van der Waals surface area contributed by atoms with Gasteiger partial charge in [0.2, 0.25) is 0 Å². The van der Waals surface area contributed by atoms with E-state index in [4.69, 9.17) is 0 Å². The number of fused-ring (bicyclic) bond motifs is 5. The Hall–Kier alpha value is -0.900.